The lowest BCUT2D eigenvalue weighted by Crippen LogP contribution is -1.91. The minimum absolute atomic E-state index is 0.815. The molecule has 0 spiro atoms. The Morgan fingerprint density at radius 2 is 0.837 bits per heavy atom. The first-order valence-electron chi connectivity index (χ1n) is 16.6. The highest BCUT2D eigenvalue weighted by Crippen LogP contribution is 2.49. The van der Waals surface area contributed by atoms with Gasteiger partial charge in [-0.15, -0.1) is 0 Å². The van der Waals surface area contributed by atoms with Crippen molar-refractivity contribution >= 4 is 76.4 Å². The largest absolute Gasteiger partial charge is 0.456 e. The van der Waals surface area contributed by atoms with E-state index < -0.39 is 0 Å². The molecule has 0 aliphatic rings. The van der Waals surface area contributed by atoms with Crippen molar-refractivity contribution in [2.75, 3.05) is 0 Å². The highest BCUT2D eigenvalue weighted by Gasteiger charge is 2.24. The molecule has 3 heteroatoms. The molecule has 0 aliphatic carbocycles. The van der Waals surface area contributed by atoms with Crippen LogP contribution in [0.15, 0.2) is 171 Å². The van der Waals surface area contributed by atoms with Crippen LogP contribution < -0.4 is 0 Å². The molecule has 228 valence electrons. The monoisotopic (exact) mass is 626 g/mol. The van der Waals surface area contributed by atoms with Crippen molar-refractivity contribution in [2.24, 2.45) is 0 Å². The molecule has 3 aromatic heterocycles. The molecule has 0 N–H and O–H groups in total. The third-order valence-corrected chi connectivity index (χ3v) is 10.1. The first kappa shape index (κ1) is 26.5. The lowest BCUT2D eigenvalue weighted by Gasteiger charge is -2.18. The van der Waals surface area contributed by atoms with Gasteiger partial charge in [0.1, 0.15) is 33.7 Å². The molecule has 0 unspecified atom stereocenters. The summed E-state index contributed by atoms with van der Waals surface area (Å²) in [6.07, 6.45) is 0. The van der Waals surface area contributed by atoms with Gasteiger partial charge in [-0.3, -0.25) is 0 Å². The van der Waals surface area contributed by atoms with Crippen molar-refractivity contribution in [1.29, 1.82) is 0 Å². The maximum Gasteiger partial charge on any atom is 0.146 e. The highest BCUT2D eigenvalue weighted by atomic mass is 16.3. The second-order valence-electron chi connectivity index (χ2n) is 12.8. The first-order chi connectivity index (χ1) is 24.3. The fraction of sp³-hybridized carbons (Fsp3) is 0. The van der Waals surface area contributed by atoms with Crippen LogP contribution in [0, 0.1) is 0 Å². The molecule has 0 fully saturated rings. The van der Waals surface area contributed by atoms with Crippen molar-refractivity contribution in [3.05, 3.63) is 158 Å². The standard InChI is InChI=1S/C46H26O3/c1-2-12-27(13-3-1)42-26-38-45-36(30-15-9-11-21-40(30)48-45)25-37(46(38)49-42)44-33-18-6-4-16-31(33)43(32-17-5-7-19-34(32)44)28-22-23-41-35(24-28)29-14-8-10-20-39(29)47-41/h1-26H. The summed E-state index contributed by atoms with van der Waals surface area (Å²) in [5, 5.41) is 10.1. The van der Waals surface area contributed by atoms with Crippen LogP contribution in [0.5, 0.6) is 0 Å². The van der Waals surface area contributed by atoms with Crippen LogP contribution in [-0.2, 0) is 0 Å². The minimum atomic E-state index is 0.815. The summed E-state index contributed by atoms with van der Waals surface area (Å²) in [7, 11) is 0. The molecule has 49 heavy (non-hydrogen) atoms. The Morgan fingerprint density at radius 1 is 0.286 bits per heavy atom. The first-order valence-corrected chi connectivity index (χ1v) is 16.6. The molecular weight excluding hydrogens is 601 g/mol. The van der Waals surface area contributed by atoms with E-state index in [4.69, 9.17) is 13.3 Å². The van der Waals surface area contributed by atoms with Gasteiger partial charge in [-0.05, 0) is 69.1 Å². The average molecular weight is 627 g/mol. The van der Waals surface area contributed by atoms with Crippen molar-refractivity contribution < 1.29 is 13.3 Å². The Labute approximate surface area is 280 Å². The van der Waals surface area contributed by atoms with Crippen LogP contribution in [0.25, 0.3) is 110 Å². The van der Waals surface area contributed by atoms with E-state index in [9.17, 15) is 0 Å². The maximum absolute atomic E-state index is 6.87. The van der Waals surface area contributed by atoms with Crippen LogP contribution in [-0.4, -0.2) is 0 Å². The summed E-state index contributed by atoms with van der Waals surface area (Å²) in [5.74, 6) is 0.815. The van der Waals surface area contributed by atoms with Gasteiger partial charge in [0.25, 0.3) is 0 Å². The number of fused-ring (bicyclic) bond motifs is 10. The smallest absolute Gasteiger partial charge is 0.146 e. The number of rotatable bonds is 3. The highest BCUT2D eigenvalue weighted by molar-refractivity contribution is 6.27. The Morgan fingerprint density at radius 3 is 1.53 bits per heavy atom. The van der Waals surface area contributed by atoms with Gasteiger partial charge in [0.2, 0.25) is 0 Å². The van der Waals surface area contributed by atoms with Crippen LogP contribution in [0.4, 0.5) is 0 Å². The number of hydrogen-bond acceptors (Lipinski definition) is 3. The number of benzene rings is 8. The molecule has 0 atom stereocenters. The summed E-state index contributed by atoms with van der Waals surface area (Å²) in [6, 6.07) is 55.4. The molecule has 0 bridgehead atoms. The zero-order valence-electron chi connectivity index (χ0n) is 26.2. The molecular formula is C46H26O3. The molecule has 3 nitrogen and oxygen atoms in total. The van der Waals surface area contributed by atoms with E-state index in [1.807, 2.05) is 42.5 Å². The summed E-state index contributed by atoms with van der Waals surface area (Å²) in [6.45, 7) is 0. The minimum Gasteiger partial charge on any atom is -0.456 e. The van der Waals surface area contributed by atoms with Crippen molar-refractivity contribution in [2.45, 2.75) is 0 Å². The summed E-state index contributed by atoms with van der Waals surface area (Å²) >= 11 is 0. The Hall–Kier alpha value is -6.58. The molecule has 11 aromatic rings. The van der Waals surface area contributed by atoms with Crippen LogP contribution in [0.1, 0.15) is 0 Å². The van der Waals surface area contributed by atoms with Gasteiger partial charge in [-0.25, -0.2) is 0 Å². The third kappa shape index (κ3) is 3.78. The molecule has 0 saturated heterocycles. The number of para-hydroxylation sites is 2. The fourth-order valence-electron chi connectivity index (χ4n) is 7.92. The molecule has 0 radical (unpaired) electrons. The number of furan rings is 3. The van der Waals surface area contributed by atoms with E-state index in [2.05, 4.69) is 115 Å². The summed E-state index contributed by atoms with van der Waals surface area (Å²) in [5.41, 5.74) is 9.91. The van der Waals surface area contributed by atoms with Crippen molar-refractivity contribution in [3.8, 4) is 33.6 Å². The summed E-state index contributed by atoms with van der Waals surface area (Å²) in [4.78, 5) is 0. The summed E-state index contributed by atoms with van der Waals surface area (Å²) < 4.78 is 19.6. The van der Waals surface area contributed by atoms with Gasteiger partial charge < -0.3 is 13.3 Å². The SMILES string of the molecule is c1ccc(-c2cc3c(o2)c(-c2c4ccccc4c(-c4ccc5oc6ccccc6c5c4)c4ccccc24)cc2c4ccccc4oc32)cc1. The van der Waals surface area contributed by atoms with E-state index >= 15 is 0 Å². The molecule has 3 heterocycles. The van der Waals surface area contributed by atoms with Gasteiger partial charge in [-0.2, -0.15) is 0 Å². The van der Waals surface area contributed by atoms with Crippen molar-refractivity contribution in [3.63, 3.8) is 0 Å². The van der Waals surface area contributed by atoms with Gasteiger partial charge >= 0.3 is 0 Å². The van der Waals surface area contributed by atoms with Gasteiger partial charge in [0, 0.05) is 38.2 Å². The maximum atomic E-state index is 6.87. The van der Waals surface area contributed by atoms with E-state index in [-0.39, 0.29) is 0 Å². The van der Waals surface area contributed by atoms with Crippen LogP contribution in [0.2, 0.25) is 0 Å². The van der Waals surface area contributed by atoms with Crippen molar-refractivity contribution in [1.82, 2.24) is 0 Å². The second-order valence-corrected chi connectivity index (χ2v) is 12.8. The van der Waals surface area contributed by atoms with E-state index in [1.165, 1.54) is 27.1 Å². The van der Waals surface area contributed by atoms with Gasteiger partial charge in [-0.1, -0.05) is 121 Å². The fourth-order valence-corrected chi connectivity index (χ4v) is 7.92. The quantitative estimate of drug-likeness (QED) is 0.183. The lowest BCUT2D eigenvalue weighted by molar-refractivity contribution is 0.632. The predicted molar refractivity (Wildman–Crippen MR) is 202 cm³/mol. The van der Waals surface area contributed by atoms with E-state index in [0.29, 0.717) is 0 Å². The predicted octanol–water partition coefficient (Wildman–Crippen LogP) is 13.5. The van der Waals surface area contributed by atoms with E-state index in [0.717, 1.165) is 82.9 Å². The Bertz CT molecular complexity index is 3040. The van der Waals surface area contributed by atoms with Gasteiger partial charge in [0.05, 0.1) is 5.39 Å². The molecule has 11 rings (SSSR count). The zero-order chi connectivity index (χ0) is 32.1. The van der Waals surface area contributed by atoms with Gasteiger partial charge in [0.15, 0.2) is 0 Å². The second kappa shape index (κ2) is 9.96. The molecule has 0 aliphatic heterocycles. The molecule has 0 amide bonds. The number of hydrogen-bond donors (Lipinski definition) is 0. The zero-order valence-corrected chi connectivity index (χ0v) is 26.2. The van der Waals surface area contributed by atoms with E-state index in [1.54, 1.807) is 0 Å². The van der Waals surface area contributed by atoms with Crippen LogP contribution in [0.3, 0.4) is 0 Å². The topological polar surface area (TPSA) is 39.4 Å². The third-order valence-electron chi connectivity index (χ3n) is 10.1. The van der Waals surface area contributed by atoms with Crippen LogP contribution >= 0.6 is 0 Å². The lowest BCUT2D eigenvalue weighted by atomic mass is 9.85. The Kier molecular flexibility index (Phi) is 5.38. The average Bonchev–Trinajstić information content (AvgIpc) is 3.87. The molecule has 8 aromatic carbocycles. The molecule has 0 saturated carbocycles. The Balaban J connectivity index is 1.28. The normalized spacial score (nSPS) is 12.1.